The molecule has 7 heteroatoms. The molecular formula is C22H34N4O3. The van der Waals surface area contributed by atoms with Gasteiger partial charge in [-0.3, -0.25) is 14.5 Å². The van der Waals surface area contributed by atoms with Crippen molar-refractivity contribution in [1.82, 2.24) is 10.2 Å². The first-order valence-corrected chi connectivity index (χ1v) is 10.9. The molecule has 0 unspecified atom stereocenters. The van der Waals surface area contributed by atoms with E-state index in [9.17, 15) is 9.59 Å². The quantitative estimate of drug-likeness (QED) is 0.615. The zero-order chi connectivity index (χ0) is 20.5. The van der Waals surface area contributed by atoms with E-state index >= 15 is 0 Å². The molecule has 1 heterocycles. The molecule has 3 rings (SSSR count). The lowest BCUT2D eigenvalue weighted by Crippen LogP contribution is -2.49. The van der Waals surface area contributed by atoms with Crippen LogP contribution in [0.15, 0.2) is 24.3 Å². The van der Waals surface area contributed by atoms with Crippen molar-refractivity contribution in [3.63, 3.8) is 0 Å². The number of ether oxygens (including phenoxy) is 1. The van der Waals surface area contributed by atoms with Crippen LogP contribution >= 0.6 is 0 Å². The molecule has 2 amide bonds. The molecule has 1 aliphatic carbocycles. The highest BCUT2D eigenvalue weighted by Gasteiger charge is 2.19. The van der Waals surface area contributed by atoms with Gasteiger partial charge >= 0.3 is 0 Å². The van der Waals surface area contributed by atoms with Crippen molar-refractivity contribution in [1.29, 1.82) is 0 Å². The molecule has 3 N–H and O–H groups in total. The van der Waals surface area contributed by atoms with Gasteiger partial charge in [-0.15, -0.1) is 0 Å². The summed E-state index contributed by atoms with van der Waals surface area (Å²) in [6.07, 6.45) is 7.59. The predicted molar refractivity (Wildman–Crippen MR) is 114 cm³/mol. The van der Waals surface area contributed by atoms with Gasteiger partial charge in [0.2, 0.25) is 11.8 Å². The van der Waals surface area contributed by atoms with E-state index in [1.165, 1.54) is 32.1 Å². The monoisotopic (exact) mass is 402 g/mol. The highest BCUT2D eigenvalue weighted by atomic mass is 16.5. The Hall–Kier alpha value is -2.12. The molecule has 2 fully saturated rings. The van der Waals surface area contributed by atoms with Crippen LogP contribution in [0.4, 0.5) is 5.69 Å². The minimum Gasteiger partial charge on any atom is -0.378 e. The maximum atomic E-state index is 12.2. The number of piperazine rings is 1. The summed E-state index contributed by atoms with van der Waals surface area (Å²) in [7, 11) is 0. The molecule has 0 bridgehead atoms. The van der Waals surface area contributed by atoms with Gasteiger partial charge in [0.15, 0.2) is 0 Å². The van der Waals surface area contributed by atoms with Gasteiger partial charge in [-0.1, -0.05) is 19.3 Å². The normalized spacial score (nSPS) is 18.6. The summed E-state index contributed by atoms with van der Waals surface area (Å²) < 4.78 is 5.90. The summed E-state index contributed by atoms with van der Waals surface area (Å²) in [4.78, 5) is 27.8. The molecule has 1 saturated heterocycles. The maximum absolute atomic E-state index is 12.2. The molecule has 1 aromatic carbocycles. The van der Waals surface area contributed by atoms with Crippen molar-refractivity contribution in [3.8, 4) is 0 Å². The minimum atomic E-state index is -0.409. The number of carbonyl (C=O) groups excluding carboxylic acids is 2. The number of hydrogen-bond acceptors (Lipinski definition) is 5. The molecule has 0 atom stereocenters. The smallest absolute Gasteiger partial charge is 0.248 e. The molecule has 0 spiro atoms. The van der Waals surface area contributed by atoms with Crippen LogP contribution in [0.3, 0.4) is 0 Å². The van der Waals surface area contributed by atoms with E-state index < -0.39 is 5.91 Å². The third-order valence-electron chi connectivity index (χ3n) is 5.81. The van der Waals surface area contributed by atoms with Gasteiger partial charge in [0.1, 0.15) is 0 Å². The SMILES string of the molecule is NC(=O)c1ccc(N2CCN(CC(=O)NCCCOC3CCCCC3)CC2)cc1. The van der Waals surface area contributed by atoms with Gasteiger partial charge in [-0.2, -0.15) is 0 Å². The van der Waals surface area contributed by atoms with E-state index in [1.807, 2.05) is 12.1 Å². The van der Waals surface area contributed by atoms with Crippen molar-refractivity contribution in [2.24, 2.45) is 5.73 Å². The Kier molecular flexibility index (Phi) is 8.31. The summed E-state index contributed by atoms with van der Waals surface area (Å²) >= 11 is 0. The van der Waals surface area contributed by atoms with Crippen LogP contribution in [0.5, 0.6) is 0 Å². The number of benzene rings is 1. The van der Waals surface area contributed by atoms with E-state index in [-0.39, 0.29) is 5.91 Å². The molecule has 0 aromatic heterocycles. The Labute approximate surface area is 173 Å². The lowest BCUT2D eigenvalue weighted by Gasteiger charge is -2.35. The standard InChI is InChI=1S/C22H34N4O3/c23-22(28)18-7-9-19(10-8-18)26-14-12-25(13-15-26)17-21(27)24-11-4-16-29-20-5-2-1-3-6-20/h7-10,20H,1-6,11-17H2,(H2,23,28)(H,24,27). The molecule has 7 nitrogen and oxygen atoms in total. The third kappa shape index (κ3) is 7.01. The van der Waals surface area contributed by atoms with Gasteiger partial charge in [-0.25, -0.2) is 0 Å². The van der Waals surface area contributed by atoms with Crippen LogP contribution < -0.4 is 16.0 Å². The van der Waals surface area contributed by atoms with Crippen LogP contribution in [0, 0.1) is 0 Å². The van der Waals surface area contributed by atoms with Gasteiger partial charge in [0.25, 0.3) is 0 Å². The summed E-state index contributed by atoms with van der Waals surface area (Å²) in [5.41, 5.74) is 6.89. The average Bonchev–Trinajstić information content (AvgIpc) is 2.75. The zero-order valence-corrected chi connectivity index (χ0v) is 17.3. The number of nitrogens with zero attached hydrogens (tertiary/aromatic N) is 2. The van der Waals surface area contributed by atoms with Gasteiger partial charge in [-0.05, 0) is 43.5 Å². The zero-order valence-electron chi connectivity index (χ0n) is 17.3. The topological polar surface area (TPSA) is 87.9 Å². The number of rotatable bonds is 9. The van der Waals surface area contributed by atoms with Crippen LogP contribution in [0.25, 0.3) is 0 Å². The van der Waals surface area contributed by atoms with E-state index in [2.05, 4.69) is 15.1 Å². The molecule has 0 radical (unpaired) electrons. The molecule has 1 saturated carbocycles. The van der Waals surface area contributed by atoms with Gasteiger partial charge < -0.3 is 20.7 Å². The highest BCUT2D eigenvalue weighted by Crippen LogP contribution is 2.20. The van der Waals surface area contributed by atoms with Crippen LogP contribution in [0.2, 0.25) is 0 Å². The number of hydrogen-bond donors (Lipinski definition) is 2. The van der Waals surface area contributed by atoms with Crippen molar-refractivity contribution >= 4 is 17.5 Å². The fourth-order valence-electron chi connectivity index (χ4n) is 4.04. The molecule has 1 aliphatic heterocycles. The summed E-state index contributed by atoms with van der Waals surface area (Å²) in [6.45, 7) is 5.26. The number of primary amides is 1. The first-order chi connectivity index (χ1) is 14.1. The van der Waals surface area contributed by atoms with Crippen molar-refractivity contribution in [2.75, 3.05) is 50.8 Å². The van der Waals surface area contributed by atoms with Crippen molar-refractivity contribution in [2.45, 2.75) is 44.6 Å². The number of anilines is 1. The number of nitrogens with one attached hydrogen (secondary N) is 1. The first-order valence-electron chi connectivity index (χ1n) is 10.9. The molecule has 1 aromatic rings. The van der Waals surface area contributed by atoms with Crippen LogP contribution in [-0.4, -0.2) is 68.7 Å². The molecule has 160 valence electrons. The Balaban J connectivity index is 1.27. The fourth-order valence-corrected chi connectivity index (χ4v) is 4.04. The van der Waals surface area contributed by atoms with Crippen molar-refractivity contribution in [3.05, 3.63) is 29.8 Å². The summed E-state index contributed by atoms with van der Waals surface area (Å²) in [5.74, 6) is -0.324. The lowest BCUT2D eigenvalue weighted by atomic mass is 9.98. The maximum Gasteiger partial charge on any atom is 0.248 e. The number of nitrogens with two attached hydrogens (primary N) is 1. The molecule has 29 heavy (non-hydrogen) atoms. The third-order valence-corrected chi connectivity index (χ3v) is 5.81. The average molecular weight is 403 g/mol. The second kappa shape index (κ2) is 11.2. The summed E-state index contributed by atoms with van der Waals surface area (Å²) in [6, 6.07) is 7.38. The highest BCUT2D eigenvalue weighted by molar-refractivity contribution is 5.93. The van der Waals surface area contributed by atoms with E-state index in [1.54, 1.807) is 12.1 Å². The van der Waals surface area contributed by atoms with Gasteiger partial charge in [0, 0.05) is 50.6 Å². The predicted octanol–water partition coefficient (Wildman–Crippen LogP) is 1.76. The van der Waals surface area contributed by atoms with Crippen molar-refractivity contribution < 1.29 is 14.3 Å². The second-order valence-corrected chi connectivity index (χ2v) is 8.01. The van der Waals surface area contributed by atoms with Crippen LogP contribution in [0.1, 0.15) is 48.9 Å². The van der Waals surface area contributed by atoms with E-state index in [0.29, 0.717) is 24.8 Å². The molecular weight excluding hydrogens is 368 g/mol. The largest absolute Gasteiger partial charge is 0.378 e. The Bertz CT molecular complexity index is 651. The first kappa shape index (κ1) is 21.6. The Morgan fingerprint density at radius 3 is 2.38 bits per heavy atom. The lowest BCUT2D eigenvalue weighted by molar-refractivity contribution is -0.122. The Morgan fingerprint density at radius 1 is 1.03 bits per heavy atom. The van der Waals surface area contributed by atoms with E-state index in [4.69, 9.17) is 10.5 Å². The molecule has 2 aliphatic rings. The fraction of sp³-hybridized carbons (Fsp3) is 0.636. The number of carbonyl (C=O) groups is 2. The van der Waals surface area contributed by atoms with E-state index in [0.717, 1.165) is 44.9 Å². The number of amides is 2. The minimum absolute atomic E-state index is 0.0851. The summed E-state index contributed by atoms with van der Waals surface area (Å²) in [5, 5.41) is 3.01. The van der Waals surface area contributed by atoms with Crippen LogP contribution in [-0.2, 0) is 9.53 Å². The van der Waals surface area contributed by atoms with Gasteiger partial charge in [0.05, 0.1) is 12.6 Å². The second-order valence-electron chi connectivity index (χ2n) is 8.01. The Morgan fingerprint density at radius 2 is 1.72 bits per heavy atom.